The van der Waals surface area contributed by atoms with Gasteiger partial charge in [0.05, 0.1) is 11.7 Å². The van der Waals surface area contributed by atoms with Gasteiger partial charge in [0, 0.05) is 13.1 Å². The summed E-state index contributed by atoms with van der Waals surface area (Å²) < 4.78 is 78.6. The van der Waals surface area contributed by atoms with Crippen LogP contribution in [0.4, 0.5) is 17.6 Å². The molecular formula is C17H22F4N2O3S. The largest absolute Gasteiger partial charge is 0.412 e. The highest BCUT2D eigenvalue weighted by Gasteiger charge is 2.43. The van der Waals surface area contributed by atoms with E-state index in [4.69, 9.17) is 0 Å². The van der Waals surface area contributed by atoms with Crippen molar-refractivity contribution < 1.29 is 30.8 Å². The van der Waals surface area contributed by atoms with E-state index in [1.54, 1.807) is 6.92 Å². The minimum atomic E-state index is -4.77. The minimum absolute atomic E-state index is 0.0674. The van der Waals surface area contributed by atoms with Crippen LogP contribution in [0.3, 0.4) is 0 Å². The molecule has 0 aromatic heterocycles. The van der Waals surface area contributed by atoms with Crippen LogP contribution in [-0.2, 0) is 14.8 Å². The number of carbonyl (C=O) groups excluding carboxylic acids is 1. The van der Waals surface area contributed by atoms with E-state index in [1.165, 1.54) is 4.31 Å². The van der Waals surface area contributed by atoms with Crippen molar-refractivity contribution in [2.45, 2.75) is 38.4 Å². The first kappa shape index (κ1) is 21.6. The zero-order valence-electron chi connectivity index (χ0n) is 14.8. The summed E-state index contributed by atoms with van der Waals surface area (Å²) >= 11 is 0. The van der Waals surface area contributed by atoms with E-state index in [1.807, 2.05) is 5.32 Å². The molecule has 0 aliphatic carbocycles. The van der Waals surface area contributed by atoms with Gasteiger partial charge in [-0.3, -0.25) is 4.79 Å². The summed E-state index contributed by atoms with van der Waals surface area (Å²) in [7, 11) is -3.52. The maximum atomic E-state index is 13.4. The van der Waals surface area contributed by atoms with Gasteiger partial charge in [-0.25, -0.2) is 17.1 Å². The number of alkyl halides is 3. The molecule has 1 N–H and O–H groups in total. The monoisotopic (exact) mass is 410 g/mol. The Balaban J connectivity index is 2.14. The van der Waals surface area contributed by atoms with Gasteiger partial charge in [0.1, 0.15) is 5.82 Å². The first-order valence-electron chi connectivity index (χ1n) is 8.65. The van der Waals surface area contributed by atoms with Gasteiger partial charge in [0.25, 0.3) is 0 Å². The molecule has 1 aliphatic heterocycles. The van der Waals surface area contributed by atoms with Crippen molar-refractivity contribution in [1.29, 1.82) is 0 Å². The maximum absolute atomic E-state index is 13.4. The van der Waals surface area contributed by atoms with Crippen LogP contribution >= 0.6 is 0 Å². The molecule has 1 aromatic carbocycles. The number of benzene rings is 1. The van der Waals surface area contributed by atoms with E-state index in [2.05, 4.69) is 0 Å². The fourth-order valence-corrected chi connectivity index (χ4v) is 4.65. The maximum Gasteiger partial charge on any atom is 0.412 e. The third kappa shape index (κ3) is 5.65. The van der Waals surface area contributed by atoms with Crippen molar-refractivity contribution in [3.63, 3.8) is 0 Å². The Labute approximate surface area is 155 Å². The summed E-state index contributed by atoms with van der Waals surface area (Å²) in [5.74, 6) is -2.48. The molecular weight excluding hydrogens is 388 g/mol. The number of carbonyl (C=O) groups is 1. The van der Waals surface area contributed by atoms with Crippen molar-refractivity contribution in [3.05, 3.63) is 35.6 Å². The van der Waals surface area contributed by atoms with E-state index in [-0.39, 0.29) is 24.4 Å². The third-order valence-electron chi connectivity index (χ3n) is 4.43. The minimum Gasteiger partial charge on any atom is -0.341 e. The highest BCUT2D eigenvalue weighted by Crippen LogP contribution is 2.33. The number of amides is 1. The molecule has 10 heteroatoms. The van der Waals surface area contributed by atoms with Crippen LogP contribution in [0.1, 0.15) is 37.8 Å². The molecule has 0 spiro atoms. The molecule has 1 amide bonds. The summed E-state index contributed by atoms with van der Waals surface area (Å²) in [4.78, 5) is 12.4. The number of nitrogens with zero attached hydrogens (tertiary/aromatic N) is 1. The number of halogens is 4. The van der Waals surface area contributed by atoms with Gasteiger partial charge in [-0.2, -0.15) is 13.2 Å². The number of hydrogen-bond donors (Lipinski definition) is 1. The van der Waals surface area contributed by atoms with Crippen LogP contribution in [0.5, 0.6) is 0 Å². The van der Waals surface area contributed by atoms with Gasteiger partial charge in [0.15, 0.2) is 6.04 Å². The topological polar surface area (TPSA) is 66.5 Å². The van der Waals surface area contributed by atoms with Crippen LogP contribution in [0.25, 0.3) is 0 Å². The first-order valence-corrected chi connectivity index (χ1v) is 10.3. The molecule has 0 radical (unpaired) electrons. The predicted molar refractivity (Wildman–Crippen MR) is 91.7 cm³/mol. The lowest BCUT2D eigenvalue weighted by Crippen LogP contribution is -2.48. The number of nitrogens with one attached hydrogen (secondary N) is 1. The molecule has 0 saturated carbocycles. The Hall–Kier alpha value is -1.68. The molecule has 2 rings (SSSR count). The Kier molecular flexibility index (Phi) is 6.85. The van der Waals surface area contributed by atoms with Crippen molar-refractivity contribution in [2.75, 3.05) is 18.8 Å². The zero-order chi connectivity index (χ0) is 20.2. The molecule has 1 aliphatic rings. The predicted octanol–water partition coefficient (Wildman–Crippen LogP) is 3.00. The molecule has 152 valence electrons. The second-order valence-corrected chi connectivity index (χ2v) is 8.64. The van der Waals surface area contributed by atoms with Crippen molar-refractivity contribution >= 4 is 15.9 Å². The van der Waals surface area contributed by atoms with Crippen LogP contribution in [0, 0.1) is 11.7 Å². The van der Waals surface area contributed by atoms with Crippen LogP contribution < -0.4 is 5.32 Å². The molecule has 1 saturated heterocycles. The van der Waals surface area contributed by atoms with Crippen LogP contribution in [0.2, 0.25) is 0 Å². The summed E-state index contributed by atoms with van der Waals surface area (Å²) in [6.07, 6.45) is -3.65. The Bertz CT molecular complexity index is 750. The lowest BCUT2D eigenvalue weighted by molar-refractivity contribution is -0.165. The molecule has 1 aromatic rings. The summed E-state index contributed by atoms with van der Waals surface area (Å²) in [6.45, 7) is 1.83. The van der Waals surface area contributed by atoms with Crippen LogP contribution in [-0.4, -0.2) is 43.6 Å². The molecule has 2 atom stereocenters. The summed E-state index contributed by atoms with van der Waals surface area (Å²) in [6, 6.07) is 1.42. The third-order valence-corrected chi connectivity index (χ3v) is 6.47. The summed E-state index contributed by atoms with van der Waals surface area (Å²) in [5.41, 5.74) is -0.288. The average Bonchev–Trinajstić information content (AvgIpc) is 2.59. The quantitative estimate of drug-likeness (QED) is 0.734. The van der Waals surface area contributed by atoms with Gasteiger partial charge < -0.3 is 5.32 Å². The smallest absolute Gasteiger partial charge is 0.341 e. The Morgan fingerprint density at radius 3 is 2.48 bits per heavy atom. The molecule has 1 heterocycles. The van der Waals surface area contributed by atoms with Gasteiger partial charge in [-0.15, -0.1) is 0 Å². The van der Waals surface area contributed by atoms with Crippen molar-refractivity contribution in [1.82, 2.24) is 9.62 Å². The average molecular weight is 410 g/mol. The Morgan fingerprint density at radius 1 is 1.30 bits per heavy atom. The SMILES string of the molecule is CCCS(=O)(=O)N1CCCC(C(=O)NC(c2ccc(F)cc2)C(F)(F)F)C1. The zero-order valence-corrected chi connectivity index (χ0v) is 15.6. The van der Waals surface area contributed by atoms with E-state index in [9.17, 15) is 30.8 Å². The molecule has 0 bridgehead atoms. The van der Waals surface area contributed by atoms with E-state index >= 15 is 0 Å². The second kappa shape index (κ2) is 8.55. The lowest BCUT2D eigenvalue weighted by Gasteiger charge is -2.32. The van der Waals surface area contributed by atoms with Gasteiger partial charge >= 0.3 is 6.18 Å². The first-order chi connectivity index (χ1) is 12.5. The highest BCUT2D eigenvalue weighted by molar-refractivity contribution is 7.89. The summed E-state index contributed by atoms with van der Waals surface area (Å²) in [5, 5.41) is 1.96. The lowest BCUT2D eigenvalue weighted by atomic mass is 9.97. The standard InChI is InChI=1S/C17H22F4N2O3S/c1-2-10-27(25,26)23-9-3-4-13(11-23)16(24)22-15(17(19,20)21)12-5-7-14(18)8-6-12/h5-8,13,15H,2-4,9-11H2,1H3,(H,22,24). The highest BCUT2D eigenvalue weighted by atomic mass is 32.2. The van der Waals surface area contributed by atoms with Gasteiger partial charge in [-0.05, 0) is 37.0 Å². The molecule has 5 nitrogen and oxygen atoms in total. The van der Waals surface area contributed by atoms with Crippen molar-refractivity contribution in [2.24, 2.45) is 5.92 Å². The second-order valence-electron chi connectivity index (χ2n) is 6.55. The van der Waals surface area contributed by atoms with E-state index < -0.39 is 39.9 Å². The van der Waals surface area contributed by atoms with E-state index in [0.717, 1.165) is 24.3 Å². The number of sulfonamides is 1. The Morgan fingerprint density at radius 2 is 1.93 bits per heavy atom. The molecule has 1 fully saturated rings. The van der Waals surface area contributed by atoms with Gasteiger partial charge in [0.2, 0.25) is 15.9 Å². The van der Waals surface area contributed by atoms with Crippen molar-refractivity contribution in [3.8, 4) is 0 Å². The molecule has 27 heavy (non-hydrogen) atoms. The number of hydrogen-bond acceptors (Lipinski definition) is 3. The van der Waals surface area contributed by atoms with E-state index in [0.29, 0.717) is 19.3 Å². The fourth-order valence-electron chi connectivity index (χ4n) is 3.07. The number of piperidine rings is 1. The number of rotatable bonds is 6. The normalized spacial score (nSPS) is 20.3. The van der Waals surface area contributed by atoms with Gasteiger partial charge in [-0.1, -0.05) is 19.1 Å². The fraction of sp³-hybridized carbons (Fsp3) is 0.588. The van der Waals surface area contributed by atoms with Crippen LogP contribution in [0.15, 0.2) is 24.3 Å². The molecule has 2 unspecified atom stereocenters.